The molecule has 2 aliphatic carbocycles. The van der Waals surface area contributed by atoms with Crippen molar-refractivity contribution in [2.24, 2.45) is 0 Å². The van der Waals surface area contributed by atoms with E-state index in [0.717, 1.165) is 75.7 Å². The second kappa shape index (κ2) is 8.42. The van der Waals surface area contributed by atoms with Crippen LogP contribution in [0.2, 0.25) is 0 Å². The standard InChI is InChI=1S/C20H33N5O2S/c28-20-23(14-18-6-3-11-27-18)19(22-9-12-26-13-10-22)21-25(20)15-24(17-7-8-17)16-4-1-2-5-16/h16-18H,1-15H2/t18-/m1/s1. The quantitative estimate of drug-likeness (QED) is 0.648. The van der Waals surface area contributed by atoms with E-state index in [-0.39, 0.29) is 6.10 Å². The molecule has 7 nitrogen and oxygen atoms in total. The molecule has 0 amide bonds. The molecule has 0 aromatic carbocycles. The van der Waals surface area contributed by atoms with E-state index in [1.165, 1.54) is 38.5 Å². The number of nitrogens with zero attached hydrogens (tertiary/aromatic N) is 5. The van der Waals surface area contributed by atoms with Crippen molar-refractivity contribution < 1.29 is 9.47 Å². The SMILES string of the molecule is S=c1n(CN(C2CCCC2)C2CC2)nc(N2CCOCC2)n1C[C@H]1CCCO1. The van der Waals surface area contributed by atoms with Crippen LogP contribution in [-0.4, -0.2) is 70.3 Å². The molecule has 0 spiro atoms. The van der Waals surface area contributed by atoms with Crippen LogP contribution in [0, 0.1) is 4.77 Å². The Labute approximate surface area is 172 Å². The topological polar surface area (TPSA) is 47.7 Å². The van der Waals surface area contributed by atoms with Gasteiger partial charge in [0.15, 0.2) is 0 Å². The molecule has 4 aliphatic rings. The Bertz CT molecular complexity index is 713. The van der Waals surface area contributed by atoms with Gasteiger partial charge in [-0.3, -0.25) is 9.47 Å². The van der Waals surface area contributed by atoms with Gasteiger partial charge in [0.2, 0.25) is 10.7 Å². The number of anilines is 1. The molecule has 0 unspecified atom stereocenters. The molecule has 2 aliphatic heterocycles. The van der Waals surface area contributed by atoms with Crippen molar-refractivity contribution in [1.82, 2.24) is 19.2 Å². The first kappa shape index (κ1) is 19.0. The van der Waals surface area contributed by atoms with Crippen molar-refractivity contribution in [2.75, 3.05) is 37.8 Å². The summed E-state index contributed by atoms with van der Waals surface area (Å²) in [5.41, 5.74) is 0. The molecule has 1 atom stereocenters. The summed E-state index contributed by atoms with van der Waals surface area (Å²) < 4.78 is 16.6. The first-order chi connectivity index (χ1) is 13.8. The molecule has 1 aromatic heterocycles. The summed E-state index contributed by atoms with van der Waals surface area (Å²) in [4.78, 5) is 5.02. The van der Waals surface area contributed by atoms with Crippen LogP contribution in [0.4, 0.5) is 5.95 Å². The third-order valence-electron chi connectivity index (χ3n) is 6.71. The van der Waals surface area contributed by atoms with Crippen LogP contribution in [0.1, 0.15) is 51.4 Å². The van der Waals surface area contributed by atoms with Gasteiger partial charge in [-0.05, 0) is 50.7 Å². The lowest BCUT2D eigenvalue weighted by Gasteiger charge is -2.28. The van der Waals surface area contributed by atoms with E-state index in [4.69, 9.17) is 26.8 Å². The summed E-state index contributed by atoms with van der Waals surface area (Å²) in [5.74, 6) is 1.01. The van der Waals surface area contributed by atoms with Crippen LogP contribution in [0.5, 0.6) is 0 Å². The summed E-state index contributed by atoms with van der Waals surface area (Å²) >= 11 is 5.94. The van der Waals surface area contributed by atoms with E-state index in [2.05, 4.69) is 19.0 Å². The van der Waals surface area contributed by atoms with Crippen molar-refractivity contribution in [3.8, 4) is 0 Å². The monoisotopic (exact) mass is 407 g/mol. The number of morpholine rings is 1. The zero-order valence-corrected chi connectivity index (χ0v) is 17.6. The Morgan fingerprint density at radius 3 is 2.39 bits per heavy atom. The van der Waals surface area contributed by atoms with Crippen LogP contribution in [0.25, 0.3) is 0 Å². The number of hydrogen-bond acceptors (Lipinski definition) is 6. The van der Waals surface area contributed by atoms with Gasteiger partial charge in [-0.2, -0.15) is 0 Å². The van der Waals surface area contributed by atoms with Gasteiger partial charge in [0.25, 0.3) is 0 Å². The van der Waals surface area contributed by atoms with Crippen molar-refractivity contribution in [3.05, 3.63) is 4.77 Å². The van der Waals surface area contributed by atoms with E-state index in [1.807, 2.05) is 0 Å². The highest BCUT2D eigenvalue weighted by atomic mass is 32.1. The third kappa shape index (κ3) is 4.01. The fourth-order valence-electron chi connectivity index (χ4n) is 5.00. The summed E-state index contributed by atoms with van der Waals surface area (Å²) in [6.07, 6.45) is 10.6. The zero-order valence-electron chi connectivity index (χ0n) is 16.8. The molecule has 0 bridgehead atoms. The summed E-state index contributed by atoms with van der Waals surface area (Å²) in [6, 6.07) is 1.45. The summed E-state index contributed by atoms with van der Waals surface area (Å²) in [7, 11) is 0. The Morgan fingerprint density at radius 2 is 1.71 bits per heavy atom. The van der Waals surface area contributed by atoms with Crippen molar-refractivity contribution in [1.29, 1.82) is 0 Å². The highest BCUT2D eigenvalue weighted by molar-refractivity contribution is 7.71. The molecular formula is C20H33N5O2S. The van der Waals surface area contributed by atoms with Gasteiger partial charge in [0.05, 0.1) is 32.5 Å². The first-order valence-corrected chi connectivity index (χ1v) is 11.6. The Hall–Kier alpha value is -0.960. The minimum absolute atomic E-state index is 0.263. The number of ether oxygens (including phenoxy) is 2. The lowest BCUT2D eigenvalue weighted by molar-refractivity contribution is 0.0953. The van der Waals surface area contributed by atoms with E-state index >= 15 is 0 Å². The Morgan fingerprint density at radius 1 is 0.964 bits per heavy atom. The van der Waals surface area contributed by atoms with Gasteiger partial charge in [0, 0.05) is 31.8 Å². The van der Waals surface area contributed by atoms with E-state index in [0.29, 0.717) is 6.04 Å². The maximum Gasteiger partial charge on any atom is 0.226 e. The fourth-order valence-corrected chi connectivity index (χ4v) is 5.25. The first-order valence-electron chi connectivity index (χ1n) is 11.2. The zero-order chi connectivity index (χ0) is 18.9. The van der Waals surface area contributed by atoms with Gasteiger partial charge in [-0.25, -0.2) is 4.68 Å². The average Bonchev–Trinajstić information content (AvgIpc) is 3.10. The fraction of sp³-hybridized carbons (Fsp3) is 0.900. The highest BCUT2D eigenvalue weighted by Gasteiger charge is 2.36. The largest absolute Gasteiger partial charge is 0.378 e. The smallest absolute Gasteiger partial charge is 0.226 e. The average molecular weight is 408 g/mol. The van der Waals surface area contributed by atoms with Gasteiger partial charge >= 0.3 is 0 Å². The number of rotatable bonds is 7. The third-order valence-corrected chi connectivity index (χ3v) is 7.15. The second-order valence-corrected chi connectivity index (χ2v) is 9.12. The molecule has 4 fully saturated rings. The van der Waals surface area contributed by atoms with Crippen molar-refractivity contribution in [3.63, 3.8) is 0 Å². The predicted molar refractivity (Wildman–Crippen MR) is 110 cm³/mol. The van der Waals surface area contributed by atoms with Crippen LogP contribution in [0.15, 0.2) is 0 Å². The Balaban J connectivity index is 1.41. The van der Waals surface area contributed by atoms with Crippen molar-refractivity contribution in [2.45, 2.75) is 82.8 Å². The maximum atomic E-state index is 5.94. The van der Waals surface area contributed by atoms with E-state index in [1.54, 1.807) is 0 Å². The molecule has 3 heterocycles. The number of aromatic nitrogens is 3. The van der Waals surface area contributed by atoms with Gasteiger partial charge in [-0.15, -0.1) is 5.10 Å². The molecule has 1 aromatic rings. The molecule has 2 saturated heterocycles. The molecule has 28 heavy (non-hydrogen) atoms. The minimum Gasteiger partial charge on any atom is -0.378 e. The molecule has 0 radical (unpaired) electrons. The van der Waals surface area contributed by atoms with Crippen LogP contribution >= 0.6 is 12.2 Å². The lowest BCUT2D eigenvalue weighted by atomic mass is 10.2. The predicted octanol–water partition coefficient (Wildman–Crippen LogP) is 2.79. The maximum absolute atomic E-state index is 5.94. The molecule has 156 valence electrons. The molecule has 2 saturated carbocycles. The normalized spacial score (nSPS) is 26.6. The number of hydrogen-bond donors (Lipinski definition) is 0. The molecular weight excluding hydrogens is 374 g/mol. The van der Waals surface area contributed by atoms with Crippen molar-refractivity contribution >= 4 is 18.2 Å². The van der Waals surface area contributed by atoms with E-state index in [9.17, 15) is 0 Å². The van der Waals surface area contributed by atoms with Gasteiger partial charge in [0.1, 0.15) is 0 Å². The van der Waals surface area contributed by atoms with E-state index < -0.39 is 0 Å². The van der Waals surface area contributed by atoms with Gasteiger partial charge < -0.3 is 14.4 Å². The van der Waals surface area contributed by atoms with Crippen LogP contribution in [-0.2, 0) is 22.7 Å². The summed E-state index contributed by atoms with van der Waals surface area (Å²) in [5, 5.41) is 5.05. The minimum atomic E-state index is 0.263. The highest BCUT2D eigenvalue weighted by Crippen LogP contribution is 2.35. The summed E-state index contributed by atoms with van der Waals surface area (Å²) in [6.45, 7) is 5.81. The second-order valence-electron chi connectivity index (χ2n) is 8.75. The van der Waals surface area contributed by atoms with Crippen LogP contribution in [0.3, 0.4) is 0 Å². The lowest BCUT2D eigenvalue weighted by Crippen LogP contribution is -2.38. The van der Waals surface area contributed by atoms with Crippen LogP contribution < -0.4 is 4.90 Å². The molecule has 5 rings (SSSR count). The Kier molecular flexibility index (Phi) is 5.72. The molecule has 8 heteroatoms. The van der Waals surface area contributed by atoms with Gasteiger partial charge in [-0.1, -0.05) is 12.8 Å². The molecule has 0 N–H and O–H groups in total.